The van der Waals surface area contributed by atoms with E-state index < -0.39 is 0 Å². The fourth-order valence-electron chi connectivity index (χ4n) is 11.3. The van der Waals surface area contributed by atoms with E-state index in [2.05, 4.69) is 187 Å². The van der Waals surface area contributed by atoms with Gasteiger partial charge in [-0.05, 0) is 76.1 Å². The second kappa shape index (κ2) is 16.5. The zero-order chi connectivity index (χ0) is 46.3. The molecule has 9 nitrogen and oxygen atoms in total. The molecule has 0 atom stereocenters. The molecule has 0 aliphatic heterocycles. The molecule has 0 amide bonds. The summed E-state index contributed by atoms with van der Waals surface area (Å²) in [6, 6.07) is 77.2. The molecule has 0 N–H and O–H groups in total. The van der Waals surface area contributed by atoms with Crippen molar-refractivity contribution >= 4 is 109 Å². The minimum atomic E-state index is 0. The Morgan fingerprint density at radius 1 is 0.260 bits per heavy atom. The van der Waals surface area contributed by atoms with Gasteiger partial charge in [-0.3, -0.25) is 0 Å². The van der Waals surface area contributed by atoms with Crippen molar-refractivity contribution < 1.29 is 42.1 Å². The fourth-order valence-corrected chi connectivity index (χ4v) is 11.3. The SMILES string of the molecule is [Pt+2].[Pt+2].[c-]1c(-n2c3[c-]c4c(cc3c3ccccc32)c2ccccc2n4-c2ccccn2)ccc2c3cc4c5ccccc5n(-c5[c-]c6c(cc5)c5ccccc5n6-c5ccccn5)c4[c-]c3n(-c3ncccn3)c12. The van der Waals surface area contributed by atoms with Crippen molar-refractivity contribution in [3.63, 3.8) is 0 Å². The van der Waals surface area contributed by atoms with Crippen LogP contribution in [0.5, 0.6) is 0 Å². The van der Waals surface area contributed by atoms with Crippen molar-refractivity contribution in [2.75, 3.05) is 0 Å². The Labute approximate surface area is 444 Å². The van der Waals surface area contributed by atoms with Gasteiger partial charge in [-0.15, -0.1) is 57.9 Å². The summed E-state index contributed by atoms with van der Waals surface area (Å²) in [6.07, 6.45) is 7.26. The molecular formula is C62H33N9Pt2. The Hall–Kier alpha value is -8.48. The molecule has 0 fully saturated rings. The molecule has 11 heteroatoms. The average Bonchev–Trinajstić information content (AvgIpc) is 4.21. The van der Waals surface area contributed by atoms with Crippen molar-refractivity contribution in [1.29, 1.82) is 0 Å². The molecule has 0 spiro atoms. The first-order valence-electron chi connectivity index (χ1n) is 23.6. The van der Waals surface area contributed by atoms with Gasteiger partial charge in [-0.25, -0.2) is 19.9 Å². The maximum absolute atomic E-state index is 4.87. The first-order valence-corrected chi connectivity index (χ1v) is 23.6. The zero-order valence-corrected chi connectivity index (χ0v) is 42.8. The number of rotatable bonds is 5. The van der Waals surface area contributed by atoms with Gasteiger partial charge >= 0.3 is 42.1 Å². The molecule has 16 rings (SSSR count). The number of aromatic nitrogens is 9. The topological polar surface area (TPSA) is 76.2 Å². The molecule has 0 saturated carbocycles. The molecule has 0 aliphatic rings. The van der Waals surface area contributed by atoms with Gasteiger partial charge in [0.1, 0.15) is 11.6 Å². The van der Waals surface area contributed by atoms with E-state index >= 15 is 0 Å². The zero-order valence-electron chi connectivity index (χ0n) is 38.2. The summed E-state index contributed by atoms with van der Waals surface area (Å²) in [5, 5.41) is 11.0. The minimum Gasteiger partial charge on any atom is -0.358 e. The number of hydrogen-bond donors (Lipinski definition) is 0. The van der Waals surface area contributed by atoms with Gasteiger partial charge in [0.05, 0.1) is 0 Å². The van der Waals surface area contributed by atoms with Crippen molar-refractivity contribution in [3.05, 3.63) is 225 Å². The largest absolute Gasteiger partial charge is 2.00 e. The molecule has 0 radical (unpaired) electrons. The Morgan fingerprint density at radius 3 is 1.07 bits per heavy atom. The third kappa shape index (κ3) is 6.16. The van der Waals surface area contributed by atoms with Crippen LogP contribution in [0.4, 0.5) is 0 Å². The quantitative estimate of drug-likeness (QED) is 0.161. The number of hydrogen-bond acceptors (Lipinski definition) is 4. The number of benzene rings is 8. The van der Waals surface area contributed by atoms with E-state index in [4.69, 9.17) is 19.9 Å². The molecule has 0 bridgehead atoms. The number of nitrogens with zero attached hydrogens (tertiary/aromatic N) is 9. The second-order valence-corrected chi connectivity index (χ2v) is 18.0. The van der Waals surface area contributed by atoms with E-state index in [-0.39, 0.29) is 42.1 Å². The summed E-state index contributed by atoms with van der Waals surface area (Å²) >= 11 is 0. The molecular weight excluding hydrogens is 1260 g/mol. The minimum absolute atomic E-state index is 0. The Balaban J connectivity index is 0.00000247. The first kappa shape index (κ1) is 43.3. The van der Waals surface area contributed by atoms with E-state index in [0.29, 0.717) is 5.95 Å². The molecule has 0 aliphatic carbocycles. The summed E-state index contributed by atoms with van der Waals surface area (Å²) < 4.78 is 11.1. The molecule has 8 aromatic carbocycles. The summed E-state index contributed by atoms with van der Waals surface area (Å²) in [4.78, 5) is 19.4. The van der Waals surface area contributed by atoms with Crippen LogP contribution in [-0.4, -0.2) is 42.8 Å². The van der Waals surface area contributed by atoms with Crippen molar-refractivity contribution in [3.8, 4) is 29.0 Å². The maximum atomic E-state index is 4.87. The third-order valence-corrected chi connectivity index (χ3v) is 14.3. The average molecular weight is 1290 g/mol. The van der Waals surface area contributed by atoms with Crippen LogP contribution in [0.2, 0.25) is 0 Å². The number of pyridine rings is 2. The van der Waals surface area contributed by atoms with Crippen LogP contribution in [0, 0.1) is 24.3 Å². The smallest absolute Gasteiger partial charge is 0.358 e. The van der Waals surface area contributed by atoms with E-state index in [0.717, 1.165) is 132 Å². The fraction of sp³-hybridized carbons (Fsp3) is 0. The van der Waals surface area contributed by atoms with Gasteiger partial charge in [0, 0.05) is 46.9 Å². The first-order chi connectivity index (χ1) is 35.2. The standard InChI is InChI=1S/C62H33N9.2Pt/c1-7-20-52-40(14-1)44-26-24-38(32-54(44)69(52)60-22-9-11-28-63-60)67-50-18-5-3-16-42(50)47-35-49-45-27-25-39(33-55(45)71(59(49)37-57(47)67)62-65-30-13-31-66-62)68-51-19-6-2-15-41(51)46-34-48-43-17-4-8-21-53(43)70(58(48)36-56(46)68)61-23-10-12-29-64-61;;/h1-31,34-35H;;/q-4;2*+2. The Bertz CT molecular complexity index is 4880. The van der Waals surface area contributed by atoms with Crippen LogP contribution >= 0.6 is 0 Å². The number of para-hydroxylation sites is 4. The normalized spacial score (nSPS) is 11.9. The maximum Gasteiger partial charge on any atom is 2.00 e. The molecule has 0 unspecified atom stereocenters. The summed E-state index contributed by atoms with van der Waals surface area (Å²) in [7, 11) is 0. The van der Waals surface area contributed by atoms with Crippen LogP contribution in [0.15, 0.2) is 201 Å². The van der Waals surface area contributed by atoms with Crippen LogP contribution < -0.4 is 0 Å². The van der Waals surface area contributed by atoms with Crippen molar-refractivity contribution in [2.24, 2.45) is 0 Å². The van der Waals surface area contributed by atoms with Crippen LogP contribution in [-0.2, 0) is 42.1 Å². The summed E-state index contributed by atoms with van der Waals surface area (Å²) in [5.74, 6) is 2.21. The van der Waals surface area contributed by atoms with E-state index in [9.17, 15) is 0 Å². The van der Waals surface area contributed by atoms with Gasteiger partial charge in [0.15, 0.2) is 0 Å². The summed E-state index contributed by atoms with van der Waals surface area (Å²) in [5.41, 5.74) is 11.5. The molecule has 0 saturated heterocycles. The van der Waals surface area contributed by atoms with Gasteiger partial charge in [0.25, 0.3) is 0 Å². The van der Waals surface area contributed by atoms with E-state index in [1.54, 1.807) is 12.4 Å². The van der Waals surface area contributed by atoms with Crippen LogP contribution in [0.25, 0.3) is 138 Å². The Kier molecular flexibility index (Phi) is 9.81. The van der Waals surface area contributed by atoms with Gasteiger partial charge < -0.3 is 22.8 Å². The van der Waals surface area contributed by atoms with Crippen LogP contribution in [0.1, 0.15) is 0 Å². The Morgan fingerprint density at radius 2 is 0.603 bits per heavy atom. The molecule has 346 valence electrons. The van der Waals surface area contributed by atoms with Gasteiger partial charge in [0.2, 0.25) is 5.95 Å². The molecule has 8 aromatic heterocycles. The van der Waals surface area contributed by atoms with Gasteiger partial charge in [-0.2, -0.15) is 35.0 Å². The van der Waals surface area contributed by atoms with Crippen molar-refractivity contribution in [1.82, 2.24) is 42.8 Å². The monoisotopic (exact) mass is 1290 g/mol. The van der Waals surface area contributed by atoms with Gasteiger partial charge in [-0.1, -0.05) is 129 Å². The molecule has 73 heavy (non-hydrogen) atoms. The summed E-state index contributed by atoms with van der Waals surface area (Å²) in [6.45, 7) is 0. The molecule has 16 aromatic rings. The number of fused-ring (bicyclic) bond motifs is 15. The second-order valence-electron chi connectivity index (χ2n) is 18.0. The predicted octanol–water partition coefficient (Wildman–Crippen LogP) is 13.9. The third-order valence-electron chi connectivity index (χ3n) is 14.3. The molecule has 8 heterocycles. The van der Waals surface area contributed by atoms with Crippen molar-refractivity contribution in [2.45, 2.75) is 0 Å². The van der Waals surface area contributed by atoms with Crippen LogP contribution in [0.3, 0.4) is 0 Å². The van der Waals surface area contributed by atoms with E-state index in [1.165, 1.54) is 0 Å². The predicted molar refractivity (Wildman–Crippen MR) is 285 cm³/mol. The van der Waals surface area contributed by atoms with E-state index in [1.807, 2.05) is 48.8 Å².